The third-order valence-electron chi connectivity index (χ3n) is 6.44. The van der Waals surface area contributed by atoms with Gasteiger partial charge in [0.25, 0.3) is 0 Å². The molecule has 2 aliphatic heterocycles. The highest BCUT2D eigenvalue weighted by molar-refractivity contribution is 7.90. The SMILES string of the molecule is COC[C@@H]1CN(S(=O)(=O)C2CC2)CC12CCN(Cc1cccnc1)CC2. The molecule has 1 atom stereocenters. The Hall–Kier alpha value is -1.02. The molecule has 3 aliphatic rings. The Morgan fingerprint density at radius 1 is 1.31 bits per heavy atom. The van der Waals surface area contributed by atoms with E-state index in [9.17, 15) is 8.42 Å². The standard InChI is InChI=1S/C19H29N3O3S/c1-25-14-17-13-22(26(23,24)18-4-5-18)15-19(17)6-9-21(10-7-19)12-16-3-2-8-20-11-16/h2-3,8,11,17-18H,4-7,9-10,12-15H2,1H3/t17-/m0/s1. The highest BCUT2D eigenvalue weighted by atomic mass is 32.2. The molecule has 7 heteroatoms. The predicted molar refractivity (Wildman–Crippen MR) is 100 cm³/mol. The number of hydrogen-bond donors (Lipinski definition) is 0. The van der Waals surface area contributed by atoms with Gasteiger partial charge in [-0.2, -0.15) is 0 Å². The molecule has 26 heavy (non-hydrogen) atoms. The summed E-state index contributed by atoms with van der Waals surface area (Å²) in [4.78, 5) is 6.66. The zero-order valence-corrected chi connectivity index (χ0v) is 16.3. The van der Waals surface area contributed by atoms with Crippen molar-refractivity contribution in [2.45, 2.75) is 37.5 Å². The van der Waals surface area contributed by atoms with E-state index in [1.165, 1.54) is 5.56 Å². The molecule has 0 N–H and O–H groups in total. The van der Waals surface area contributed by atoms with E-state index in [0.29, 0.717) is 25.6 Å². The van der Waals surface area contributed by atoms with E-state index < -0.39 is 10.0 Å². The third-order valence-corrected chi connectivity index (χ3v) is 8.75. The van der Waals surface area contributed by atoms with Crippen molar-refractivity contribution in [3.8, 4) is 0 Å². The van der Waals surface area contributed by atoms with Gasteiger partial charge in [0.15, 0.2) is 0 Å². The molecule has 1 aromatic heterocycles. The summed E-state index contributed by atoms with van der Waals surface area (Å²) >= 11 is 0. The number of rotatable bonds is 6. The Balaban J connectivity index is 1.43. The van der Waals surface area contributed by atoms with Crippen LogP contribution in [0.15, 0.2) is 24.5 Å². The molecule has 144 valence electrons. The molecule has 3 fully saturated rings. The summed E-state index contributed by atoms with van der Waals surface area (Å²) < 4.78 is 32.7. The molecule has 0 bridgehead atoms. The molecule has 1 aromatic rings. The van der Waals surface area contributed by atoms with Gasteiger partial charge in [-0.1, -0.05) is 6.07 Å². The minimum Gasteiger partial charge on any atom is -0.384 e. The van der Waals surface area contributed by atoms with Crippen LogP contribution in [0.5, 0.6) is 0 Å². The van der Waals surface area contributed by atoms with Crippen LogP contribution in [-0.4, -0.2) is 67.8 Å². The quantitative estimate of drug-likeness (QED) is 0.753. The molecule has 2 saturated heterocycles. The van der Waals surface area contributed by atoms with Gasteiger partial charge >= 0.3 is 0 Å². The summed E-state index contributed by atoms with van der Waals surface area (Å²) in [6, 6.07) is 4.09. The highest BCUT2D eigenvalue weighted by Gasteiger charge is 2.53. The van der Waals surface area contributed by atoms with Gasteiger partial charge in [-0.15, -0.1) is 0 Å². The Morgan fingerprint density at radius 3 is 2.69 bits per heavy atom. The predicted octanol–water partition coefficient (Wildman–Crippen LogP) is 1.73. The minimum absolute atomic E-state index is 0.0728. The first-order valence-electron chi connectivity index (χ1n) is 9.63. The summed E-state index contributed by atoms with van der Waals surface area (Å²) in [5.74, 6) is 0.307. The van der Waals surface area contributed by atoms with Crippen LogP contribution in [0.2, 0.25) is 0 Å². The molecule has 1 spiro atoms. The van der Waals surface area contributed by atoms with Crippen molar-refractivity contribution in [3.05, 3.63) is 30.1 Å². The van der Waals surface area contributed by atoms with Crippen LogP contribution in [0.4, 0.5) is 0 Å². The fourth-order valence-electron chi connectivity index (χ4n) is 4.66. The number of piperidine rings is 1. The van der Waals surface area contributed by atoms with E-state index in [1.807, 2.05) is 12.3 Å². The van der Waals surface area contributed by atoms with Gasteiger partial charge in [0.05, 0.1) is 11.9 Å². The van der Waals surface area contributed by atoms with Crippen LogP contribution >= 0.6 is 0 Å². The maximum Gasteiger partial charge on any atom is 0.217 e. The number of aromatic nitrogens is 1. The first kappa shape index (κ1) is 18.3. The van der Waals surface area contributed by atoms with Crippen molar-refractivity contribution in [1.29, 1.82) is 0 Å². The normalized spacial score (nSPS) is 27.2. The van der Waals surface area contributed by atoms with Crippen molar-refractivity contribution >= 4 is 10.0 Å². The first-order valence-corrected chi connectivity index (χ1v) is 11.1. The van der Waals surface area contributed by atoms with Crippen LogP contribution in [0.1, 0.15) is 31.2 Å². The number of sulfonamides is 1. The Labute approximate surface area is 156 Å². The van der Waals surface area contributed by atoms with E-state index >= 15 is 0 Å². The lowest BCUT2D eigenvalue weighted by molar-refractivity contribution is 0.0357. The van der Waals surface area contributed by atoms with E-state index in [0.717, 1.165) is 45.3 Å². The highest BCUT2D eigenvalue weighted by Crippen LogP contribution is 2.47. The lowest BCUT2D eigenvalue weighted by Gasteiger charge is -2.42. The van der Waals surface area contributed by atoms with Crippen molar-refractivity contribution in [2.75, 3.05) is 39.9 Å². The largest absolute Gasteiger partial charge is 0.384 e. The van der Waals surface area contributed by atoms with Gasteiger partial charge in [0, 0.05) is 45.1 Å². The lowest BCUT2D eigenvalue weighted by atomic mass is 9.71. The zero-order chi connectivity index (χ0) is 18.2. The van der Waals surface area contributed by atoms with Crippen LogP contribution in [0, 0.1) is 11.3 Å². The minimum atomic E-state index is -3.10. The average Bonchev–Trinajstić information content (AvgIpc) is 3.44. The van der Waals surface area contributed by atoms with Crippen LogP contribution < -0.4 is 0 Å². The Bertz CT molecular complexity index is 713. The van der Waals surface area contributed by atoms with E-state index in [1.54, 1.807) is 17.6 Å². The van der Waals surface area contributed by atoms with Gasteiger partial charge in [0.1, 0.15) is 0 Å². The molecule has 0 unspecified atom stereocenters. The van der Waals surface area contributed by atoms with Crippen LogP contribution in [-0.2, 0) is 21.3 Å². The van der Waals surface area contributed by atoms with Gasteiger partial charge < -0.3 is 4.74 Å². The third kappa shape index (κ3) is 3.54. The first-order chi connectivity index (χ1) is 12.5. The summed E-state index contributed by atoms with van der Waals surface area (Å²) in [6.07, 6.45) is 7.48. The number of hydrogen-bond acceptors (Lipinski definition) is 5. The van der Waals surface area contributed by atoms with E-state index in [-0.39, 0.29) is 10.7 Å². The second kappa shape index (κ2) is 7.19. The van der Waals surface area contributed by atoms with Crippen LogP contribution in [0.3, 0.4) is 0 Å². The smallest absolute Gasteiger partial charge is 0.217 e. The van der Waals surface area contributed by atoms with E-state index in [4.69, 9.17) is 4.74 Å². The number of nitrogens with zero attached hydrogens (tertiary/aromatic N) is 3. The number of ether oxygens (including phenoxy) is 1. The second-order valence-electron chi connectivity index (χ2n) is 8.19. The van der Waals surface area contributed by atoms with Crippen LogP contribution in [0.25, 0.3) is 0 Å². The molecule has 1 aliphatic carbocycles. The second-order valence-corrected chi connectivity index (χ2v) is 10.4. The van der Waals surface area contributed by atoms with Gasteiger partial charge in [-0.3, -0.25) is 9.88 Å². The monoisotopic (exact) mass is 379 g/mol. The van der Waals surface area contributed by atoms with E-state index in [2.05, 4.69) is 16.0 Å². The molecule has 6 nitrogen and oxygen atoms in total. The molecule has 1 saturated carbocycles. The number of methoxy groups -OCH3 is 1. The van der Waals surface area contributed by atoms with Crippen molar-refractivity contribution < 1.29 is 13.2 Å². The van der Waals surface area contributed by atoms with Crippen molar-refractivity contribution in [3.63, 3.8) is 0 Å². The molecular formula is C19H29N3O3S. The summed E-state index contributed by atoms with van der Waals surface area (Å²) in [6.45, 7) is 4.90. The van der Waals surface area contributed by atoms with Gasteiger partial charge in [-0.05, 0) is 55.8 Å². The fraction of sp³-hybridized carbons (Fsp3) is 0.737. The number of pyridine rings is 1. The topological polar surface area (TPSA) is 62.7 Å². The molecule has 4 rings (SSSR count). The Kier molecular flexibility index (Phi) is 5.07. The molecule has 3 heterocycles. The molecule has 0 aromatic carbocycles. The number of likely N-dealkylation sites (tertiary alicyclic amines) is 1. The van der Waals surface area contributed by atoms with Crippen molar-refractivity contribution in [2.24, 2.45) is 11.3 Å². The molecule has 0 amide bonds. The lowest BCUT2D eigenvalue weighted by Crippen LogP contribution is -2.45. The maximum absolute atomic E-state index is 12.7. The fourth-order valence-corrected chi connectivity index (χ4v) is 6.64. The zero-order valence-electron chi connectivity index (χ0n) is 15.5. The maximum atomic E-state index is 12.7. The summed E-state index contributed by atoms with van der Waals surface area (Å²) in [5, 5.41) is -0.119. The average molecular weight is 380 g/mol. The van der Waals surface area contributed by atoms with Gasteiger partial charge in [0.2, 0.25) is 10.0 Å². The molecular weight excluding hydrogens is 350 g/mol. The summed E-state index contributed by atoms with van der Waals surface area (Å²) in [5.41, 5.74) is 1.31. The molecule has 0 radical (unpaired) electrons. The Morgan fingerprint density at radius 2 is 2.08 bits per heavy atom. The van der Waals surface area contributed by atoms with Gasteiger partial charge in [-0.25, -0.2) is 12.7 Å². The van der Waals surface area contributed by atoms with Crippen molar-refractivity contribution in [1.82, 2.24) is 14.2 Å². The summed E-state index contributed by atoms with van der Waals surface area (Å²) in [7, 11) is -1.37.